The summed E-state index contributed by atoms with van der Waals surface area (Å²) in [6.07, 6.45) is 0. The molecule has 1 aromatic carbocycles. The number of aliphatic hydroxyl groups excluding tert-OH is 2. The summed E-state index contributed by atoms with van der Waals surface area (Å²) < 4.78 is 0. The maximum atomic E-state index is 12.1. The monoisotopic (exact) mass is 247 g/mol. The van der Waals surface area contributed by atoms with Crippen molar-refractivity contribution in [2.24, 2.45) is 0 Å². The molecule has 1 unspecified atom stereocenters. The molecule has 2 N–H and O–H groups in total. The van der Waals surface area contributed by atoms with Crippen molar-refractivity contribution in [3.05, 3.63) is 35.4 Å². The van der Waals surface area contributed by atoms with E-state index in [4.69, 9.17) is 10.2 Å². The lowest BCUT2D eigenvalue weighted by atomic mass is 10.1. The molecule has 1 atom stereocenters. The molecule has 1 rings (SSSR count). The van der Waals surface area contributed by atoms with Crippen molar-refractivity contribution in [3.63, 3.8) is 0 Å². The van der Waals surface area contributed by atoms with Crippen molar-refractivity contribution in [3.8, 4) is 11.8 Å². The quantitative estimate of drug-likeness (QED) is 0.764. The predicted octanol–water partition coefficient (Wildman–Crippen LogP) is 0.483. The van der Waals surface area contributed by atoms with Crippen LogP contribution in [0.5, 0.6) is 0 Å². The molecule has 0 saturated carbocycles. The zero-order valence-electron chi connectivity index (χ0n) is 10.6. The van der Waals surface area contributed by atoms with Crippen LogP contribution in [-0.2, 0) is 0 Å². The van der Waals surface area contributed by atoms with Crippen LogP contribution >= 0.6 is 0 Å². The van der Waals surface area contributed by atoms with Crippen LogP contribution in [0.3, 0.4) is 0 Å². The van der Waals surface area contributed by atoms with Gasteiger partial charge >= 0.3 is 0 Å². The number of aliphatic hydroxyl groups is 2. The maximum Gasteiger partial charge on any atom is 0.253 e. The summed E-state index contributed by atoms with van der Waals surface area (Å²) in [6.45, 7) is 1.49. The Morgan fingerprint density at radius 1 is 1.44 bits per heavy atom. The first-order valence-corrected chi connectivity index (χ1v) is 5.68. The van der Waals surface area contributed by atoms with Gasteiger partial charge in [0.25, 0.3) is 5.91 Å². The van der Waals surface area contributed by atoms with Gasteiger partial charge < -0.3 is 15.1 Å². The van der Waals surface area contributed by atoms with Gasteiger partial charge in [-0.05, 0) is 25.1 Å². The van der Waals surface area contributed by atoms with E-state index < -0.39 is 0 Å². The first-order chi connectivity index (χ1) is 8.60. The second-order valence-electron chi connectivity index (χ2n) is 3.99. The Morgan fingerprint density at radius 2 is 2.17 bits per heavy atom. The molecule has 96 valence electrons. The largest absolute Gasteiger partial charge is 0.394 e. The van der Waals surface area contributed by atoms with Crippen LogP contribution in [0.2, 0.25) is 0 Å². The van der Waals surface area contributed by atoms with Crippen molar-refractivity contribution in [1.29, 1.82) is 0 Å². The topological polar surface area (TPSA) is 60.8 Å². The average Bonchev–Trinajstić information content (AvgIpc) is 2.42. The van der Waals surface area contributed by atoms with Crippen molar-refractivity contribution < 1.29 is 15.0 Å². The molecule has 0 heterocycles. The van der Waals surface area contributed by atoms with Crippen molar-refractivity contribution in [2.45, 2.75) is 13.0 Å². The normalized spacial score (nSPS) is 11.3. The Kier molecular flexibility index (Phi) is 5.37. The zero-order chi connectivity index (χ0) is 13.5. The molecule has 4 nitrogen and oxygen atoms in total. The van der Waals surface area contributed by atoms with Crippen LogP contribution in [-0.4, -0.2) is 47.3 Å². The van der Waals surface area contributed by atoms with Crippen molar-refractivity contribution in [1.82, 2.24) is 4.90 Å². The van der Waals surface area contributed by atoms with Crippen LogP contribution in [0.25, 0.3) is 0 Å². The maximum absolute atomic E-state index is 12.1. The Labute approximate surface area is 107 Å². The SMILES string of the molecule is CC(CO)N(C)C(=O)c1cccc(C#CCO)c1. The molecular weight excluding hydrogens is 230 g/mol. The highest BCUT2D eigenvalue weighted by Crippen LogP contribution is 2.09. The Hall–Kier alpha value is -1.83. The number of hydrogen-bond donors (Lipinski definition) is 2. The molecule has 0 spiro atoms. The third-order valence-corrected chi connectivity index (χ3v) is 2.67. The van der Waals surface area contributed by atoms with E-state index in [1.165, 1.54) is 4.90 Å². The van der Waals surface area contributed by atoms with Crippen LogP contribution in [0, 0.1) is 11.8 Å². The van der Waals surface area contributed by atoms with Gasteiger partial charge in [-0.25, -0.2) is 0 Å². The molecule has 0 aromatic heterocycles. The lowest BCUT2D eigenvalue weighted by Gasteiger charge is -2.23. The molecule has 18 heavy (non-hydrogen) atoms. The van der Waals surface area contributed by atoms with E-state index in [1.54, 1.807) is 38.2 Å². The fourth-order valence-electron chi connectivity index (χ4n) is 1.40. The lowest BCUT2D eigenvalue weighted by Crippen LogP contribution is -2.37. The Bertz CT molecular complexity index is 473. The summed E-state index contributed by atoms with van der Waals surface area (Å²) in [7, 11) is 1.65. The van der Waals surface area contributed by atoms with E-state index in [9.17, 15) is 4.79 Å². The first kappa shape index (κ1) is 14.2. The Balaban J connectivity index is 2.93. The molecule has 0 fully saturated rings. The minimum Gasteiger partial charge on any atom is -0.394 e. The number of nitrogens with zero attached hydrogens (tertiary/aromatic N) is 1. The molecule has 0 aliphatic carbocycles. The summed E-state index contributed by atoms with van der Waals surface area (Å²) in [6, 6.07) is 6.66. The minimum atomic E-state index is -0.232. The summed E-state index contributed by atoms with van der Waals surface area (Å²) in [5, 5.41) is 17.7. The summed E-state index contributed by atoms with van der Waals surface area (Å²) in [4.78, 5) is 13.6. The molecule has 1 aromatic rings. The van der Waals surface area contributed by atoms with Gasteiger partial charge in [-0.2, -0.15) is 0 Å². The van der Waals surface area contributed by atoms with E-state index in [0.717, 1.165) is 0 Å². The molecule has 0 saturated heterocycles. The molecule has 0 radical (unpaired) electrons. The second-order valence-corrected chi connectivity index (χ2v) is 3.99. The number of likely N-dealkylation sites (N-methyl/N-ethyl adjacent to an activating group) is 1. The van der Waals surface area contributed by atoms with Gasteiger partial charge in [0, 0.05) is 18.2 Å². The average molecular weight is 247 g/mol. The number of carbonyl (C=O) groups excluding carboxylic acids is 1. The summed E-state index contributed by atoms with van der Waals surface area (Å²) >= 11 is 0. The number of rotatable bonds is 3. The van der Waals surface area contributed by atoms with Crippen LogP contribution in [0.1, 0.15) is 22.8 Å². The van der Waals surface area contributed by atoms with Gasteiger partial charge in [-0.3, -0.25) is 4.79 Å². The van der Waals surface area contributed by atoms with Gasteiger partial charge in [0.2, 0.25) is 0 Å². The van der Waals surface area contributed by atoms with E-state index >= 15 is 0 Å². The van der Waals surface area contributed by atoms with Gasteiger partial charge in [0.05, 0.1) is 12.6 Å². The summed E-state index contributed by atoms with van der Waals surface area (Å²) in [5.41, 5.74) is 1.20. The third kappa shape index (κ3) is 3.59. The van der Waals surface area contributed by atoms with E-state index in [-0.39, 0.29) is 25.2 Å². The predicted molar refractivity (Wildman–Crippen MR) is 69.0 cm³/mol. The van der Waals surface area contributed by atoms with Crippen LogP contribution in [0.15, 0.2) is 24.3 Å². The smallest absolute Gasteiger partial charge is 0.253 e. The number of hydrogen-bond acceptors (Lipinski definition) is 3. The van der Waals surface area contributed by atoms with Crippen molar-refractivity contribution >= 4 is 5.91 Å². The fourth-order valence-corrected chi connectivity index (χ4v) is 1.40. The zero-order valence-corrected chi connectivity index (χ0v) is 10.6. The number of benzene rings is 1. The van der Waals surface area contributed by atoms with Crippen LogP contribution < -0.4 is 0 Å². The molecule has 0 aliphatic rings. The Morgan fingerprint density at radius 3 is 2.78 bits per heavy atom. The highest BCUT2D eigenvalue weighted by atomic mass is 16.3. The fraction of sp³-hybridized carbons (Fsp3) is 0.357. The molecular formula is C14H17NO3. The van der Waals surface area contributed by atoms with Crippen molar-refractivity contribution in [2.75, 3.05) is 20.3 Å². The van der Waals surface area contributed by atoms with E-state index in [0.29, 0.717) is 11.1 Å². The van der Waals surface area contributed by atoms with Crippen LogP contribution in [0.4, 0.5) is 0 Å². The van der Waals surface area contributed by atoms with Gasteiger partial charge in [-0.15, -0.1) is 0 Å². The molecule has 0 aliphatic heterocycles. The number of amides is 1. The second kappa shape index (κ2) is 6.80. The van der Waals surface area contributed by atoms with Gasteiger partial charge in [0.1, 0.15) is 6.61 Å². The highest BCUT2D eigenvalue weighted by Gasteiger charge is 2.16. The molecule has 0 bridgehead atoms. The van der Waals surface area contributed by atoms with Gasteiger partial charge in [0.15, 0.2) is 0 Å². The number of carbonyl (C=O) groups is 1. The van der Waals surface area contributed by atoms with E-state index in [2.05, 4.69) is 11.8 Å². The molecule has 4 heteroatoms. The van der Waals surface area contributed by atoms with E-state index in [1.807, 2.05) is 0 Å². The minimum absolute atomic E-state index is 0.0771. The first-order valence-electron chi connectivity index (χ1n) is 5.68. The highest BCUT2D eigenvalue weighted by molar-refractivity contribution is 5.94. The molecule has 1 amide bonds. The van der Waals surface area contributed by atoms with Gasteiger partial charge in [-0.1, -0.05) is 17.9 Å². The standard InChI is InChI=1S/C14H17NO3/c1-11(10-17)15(2)14(18)13-7-3-5-12(9-13)6-4-8-16/h3,5,7,9,11,16-17H,8,10H2,1-2H3. The lowest BCUT2D eigenvalue weighted by molar-refractivity contribution is 0.0682. The summed E-state index contributed by atoms with van der Waals surface area (Å²) in [5.74, 6) is 5.12. The third-order valence-electron chi connectivity index (χ3n) is 2.67.